The SMILES string of the molecule is O=C(O)C(F)(F)C(F)(F)C(F)(F)C(=O)OCC1COC1. The van der Waals surface area contributed by atoms with Gasteiger partial charge in [0.05, 0.1) is 19.8 Å². The molecule has 1 aliphatic heterocycles. The first-order valence-electron chi connectivity index (χ1n) is 5.06. The maximum atomic E-state index is 13.0. The van der Waals surface area contributed by atoms with Crippen LogP contribution in [0, 0.1) is 5.92 Å². The van der Waals surface area contributed by atoms with E-state index in [0.29, 0.717) is 0 Å². The third kappa shape index (κ3) is 2.53. The van der Waals surface area contributed by atoms with Crippen LogP contribution in [0.4, 0.5) is 26.3 Å². The van der Waals surface area contributed by atoms with Crippen LogP contribution >= 0.6 is 0 Å². The summed E-state index contributed by atoms with van der Waals surface area (Å²) < 4.78 is 85.4. The van der Waals surface area contributed by atoms with Gasteiger partial charge in [-0.1, -0.05) is 0 Å². The molecule has 0 radical (unpaired) electrons. The van der Waals surface area contributed by atoms with Gasteiger partial charge in [-0.2, -0.15) is 26.3 Å². The summed E-state index contributed by atoms with van der Waals surface area (Å²) in [6, 6.07) is 0. The van der Waals surface area contributed by atoms with Crippen LogP contribution in [0.15, 0.2) is 0 Å². The van der Waals surface area contributed by atoms with E-state index in [1.807, 2.05) is 0 Å². The second-order valence-electron chi connectivity index (χ2n) is 4.03. The van der Waals surface area contributed by atoms with Crippen LogP contribution in [-0.4, -0.2) is 54.6 Å². The minimum Gasteiger partial charge on any atom is -0.477 e. The average molecular weight is 310 g/mol. The Morgan fingerprint density at radius 3 is 1.95 bits per heavy atom. The Hall–Kier alpha value is -1.52. The zero-order valence-corrected chi connectivity index (χ0v) is 9.55. The van der Waals surface area contributed by atoms with Crippen molar-refractivity contribution in [2.24, 2.45) is 5.92 Å². The lowest BCUT2D eigenvalue weighted by Crippen LogP contribution is -2.61. The lowest BCUT2D eigenvalue weighted by atomic mass is 10.0. The Labute approximate surface area is 107 Å². The van der Waals surface area contributed by atoms with Crippen LogP contribution in [0.3, 0.4) is 0 Å². The first-order chi connectivity index (χ1) is 8.94. The Morgan fingerprint density at radius 1 is 1.10 bits per heavy atom. The number of halogens is 6. The number of carbonyl (C=O) groups is 2. The standard InChI is InChI=1S/C9H8F6O5/c10-7(11,5(16)17)9(14,15)8(12,13)6(18)20-3-4-1-19-2-4/h4H,1-3H2,(H,16,17). The first-order valence-corrected chi connectivity index (χ1v) is 5.06. The summed E-state index contributed by atoms with van der Waals surface area (Å²) in [5.74, 6) is -25.4. The fraction of sp³-hybridized carbons (Fsp3) is 0.778. The number of hydrogen-bond donors (Lipinski definition) is 1. The van der Waals surface area contributed by atoms with Crippen molar-refractivity contribution in [2.75, 3.05) is 19.8 Å². The smallest absolute Gasteiger partial charge is 0.411 e. The molecular weight excluding hydrogens is 302 g/mol. The van der Waals surface area contributed by atoms with E-state index in [1.165, 1.54) is 0 Å². The molecular formula is C9H8F6O5. The minimum atomic E-state index is -6.43. The highest BCUT2D eigenvalue weighted by molar-refractivity contribution is 5.83. The number of carboxylic acid groups (broad SMARTS) is 1. The molecule has 1 heterocycles. The van der Waals surface area contributed by atoms with Crippen molar-refractivity contribution in [3.05, 3.63) is 0 Å². The van der Waals surface area contributed by atoms with E-state index in [9.17, 15) is 35.9 Å². The normalized spacial score (nSPS) is 17.5. The lowest BCUT2D eigenvalue weighted by molar-refractivity contribution is -0.300. The molecule has 0 spiro atoms. The predicted octanol–water partition coefficient (Wildman–Crippen LogP) is 1.17. The van der Waals surface area contributed by atoms with Crippen LogP contribution in [0.1, 0.15) is 0 Å². The average Bonchev–Trinajstić information content (AvgIpc) is 2.25. The summed E-state index contributed by atoms with van der Waals surface area (Å²) in [4.78, 5) is 20.7. The summed E-state index contributed by atoms with van der Waals surface area (Å²) in [7, 11) is 0. The second-order valence-corrected chi connectivity index (χ2v) is 4.03. The highest BCUT2D eigenvalue weighted by atomic mass is 19.3. The van der Waals surface area contributed by atoms with Crippen molar-refractivity contribution < 1.29 is 50.5 Å². The Bertz CT molecular complexity index is 406. The second kappa shape index (κ2) is 5.11. The topological polar surface area (TPSA) is 72.8 Å². The molecule has 1 saturated heterocycles. The van der Waals surface area contributed by atoms with Gasteiger partial charge < -0.3 is 14.6 Å². The van der Waals surface area contributed by atoms with Gasteiger partial charge in [0.15, 0.2) is 0 Å². The molecule has 5 nitrogen and oxygen atoms in total. The summed E-state index contributed by atoms with van der Waals surface area (Å²) in [5, 5.41) is 7.86. The van der Waals surface area contributed by atoms with E-state index >= 15 is 0 Å². The van der Waals surface area contributed by atoms with Gasteiger partial charge in [-0.15, -0.1) is 0 Å². The monoisotopic (exact) mass is 310 g/mol. The van der Waals surface area contributed by atoms with Gasteiger partial charge in [0.1, 0.15) is 0 Å². The number of aliphatic carboxylic acids is 1. The summed E-state index contributed by atoms with van der Waals surface area (Å²) in [6.07, 6.45) is 0. The van der Waals surface area contributed by atoms with Gasteiger partial charge in [-0.25, -0.2) is 9.59 Å². The molecule has 0 unspecified atom stereocenters. The van der Waals surface area contributed by atoms with Crippen LogP contribution in [0.2, 0.25) is 0 Å². The molecule has 0 aromatic heterocycles. The largest absolute Gasteiger partial charge is 0.477 e. The number of esters is 1. The minimum absolute atomic E-state index is 0.0422. The molecule has 0 atom stereocenters. The molecule has 1 fully saturated rings. The van der Waals surface area contributed by atoms with E-state index in [2.05, 4.69) is 9.47 Å². The third-order valence-corrected chi connectivity index (χ3v) is 2.47. The molecule has 116 valence electrons. The summed E-state index contributed by atoms with van der Waals surface area (Å²) >= 11 is 0. The Morgan fingerprint density at radius 2 is 1.60 bits per heavy atom. The van der Waals surface area contributed by atoms with Crippen molar-refractivity contribution in [3.63, 3.8) is 0 Å². The number of ether oxygens (including phenoxy) is 2. The van der Waals surface area contributed by atoms with E-state index in [0.717, 1.165) is 0 Å². The fourth-order valence-electron chi connectivity index (χ4n) is 1.12. The van der Waals surface area contributed by atoms with E-state index in [1.54, 1.807) is 0 Å². The number of carboxylic acids is 1. The van der Waals surface area contributed by atoms with Gasteiger partial charge in [0, 0.05) is 5.92 Å². The van der Waals surface area contributed by atoms with Crippen LogP contribution in [0.25, 0.3) is 0 Å². The highest BCUT2D eigenvalue weighted by Gasteiger charge is 2.79. The maximum Gasteiger partial charge on any atom is 0.411 e. The van der Waals surface area contributed by atoms with Gasteiger partial charge in [0.2, 0.25) is 0 Å². The Kier molecular flexibility index (Phi) is 4.22. The predicted molar refractivity (Wildman–Crippen MR) is 47.7 cm³/mol. The van der Waals surface area contributed by atoms with Gasteiger partial charge in [-0.3, -0.25) is 0 Å². The van der Waals surface area contributed by atoms with Crippen molar-refractivity contribution in [3.8, 4) is 0 Å². The maximum absolute atomic E-state index is 13.0. The summed E-state index contributed by atoms with van der Waals surface area (Å²) in [6.45, 7) is -0.635. The van der Waals surface area contributed by atoms with E-state index in [4.69, 9.17) is 5.11 Å². The Balaban J connectivity index is 2.83. The molecule has 1 aliphatic rings. The van der Waals surface area contributed by atoms with Gasteiger partial charge >= 0.3 is 29.7 Å². The molecule has 0 aromatic rings. The first kappa shape index (κ1) is 16.5. The van der Waals surface area contributed by atoms with Gasteiger partial charge in [-0.05, 0) is 0 Å². The van der Waals surface area contributed by atoms with Crippen molar-refractivity contribution >= 4 is 11.9 Å². The quantitative estimate of drug-likeness (QED) is 0.589. The van der Waals surface area contributed by atoms with Crippen LogP contribution < -0.4 is 0 Å². The number of alkyl halides is 6. The fourth-order valence-corrected chi connectivity index (χ4v) is 1.12. The molecule has 0 aliphatic carbocycles. The van der Waals surface area contributed by atoms with Crippen LogP contribution in [0.5, 0.6) is 0 Å². The molecule has 0 bridgehead atoms. The van der Waals surface area contributed by atoms with E-state index < -0.39 is 42.2 Å². The molecule has 1 N–H and O–H groups in total. The number of rotatable bonds is 6. The molecule has 20 heavy (non-hydrogen) atoms. The van der Waals surface area contributed by atoms with Crippen molar-refractivity contribution in [1.82, 2.24) is 0 Å². The number of hydrogen-bond acceptors (Lipinski definition) is 4. The van der Waals surface area contributed by atoms with E-state index in [-0.39, 0.29) is 13.2 Å². The van der Waals surface area contributed by atoms with Crippen LogP contribution in [-0.2, 0) is 19.1 Å². The molecule has 1 rings (SSSR count). The third-order valence-electron chi connectivity index (χ3n) is 2.47. The zero-order chi connectivity index (χ0) is 15.8. The molecule has 0 amide bonds. The van der Waals surface area contributed by atoms with Crippen molar-refractivity contribution in [1.29, 1.82) is 0 Å². The van der Waals surface area contributed by atoms with Crippen molar-refractivity contribution in [2.45, 2.75) is 17.8 Å². The molecule has 0 aromatic carbocycles. The zero-order valence-electron chi connectivity index (χ0n) is 9.55. The number of carbonyl (C=O) groups excluding carboxylic acids is 1. The molecule has 0 saturated carbocycles. The summed E-state index contributed by atoms with van der Waals surface area (Å²) in [5.41, 5.74) is 0. The molecule has 11 heteroatoms. The highest BCUT2D eigenvalue weighted by Crippen LogP contribution is 2.46. The van der Waals surface area contributed by atoms with Gasteiger partial charge in [0.25, 0.3) is 0 Å². The lowest BCUT2D eigenvalue weighted by Gasteiger charge is -2.30.